The highest BCUT2D eigenvalue weighted by molar-refractivity contribution is 5.54. The number of nitrogens with zero attached hydrogens (tertiary/aromatic N) is 2. The Bertz CT molecular complexity index is 375. The SMILES string of the molecule is Cc1cnc(N(C)CC2CCCCO2)cc1N. The third-order valence-corrected chi connectivity index (χ3v) is 3.27. The van der Waals surface area contributed by atoms with Crippen molar-refractivity contribution in [2.24, 2.45) is 0 Å². The molecule has 1 fully saturated rings. The number of likely N-dealkylation sites (N-methyl/N-ethyl adjacent to an activating group) is 1. The predicted molar refractivity (Wildman–Crippen MR) is 70.2 cm³/mol. The molecule has 4 nitrogen and oxygen atoms in total. The van der Waals surface area contributed by atoms with E-state index in [1.54, 1.807) is 0 Å². The molecule has 1 aliphatic heterocycles. The van der Waals surface area contributed by atoms with Gasteiger partial charge in [-0.15, -0.1) is 0 Å². The standard InChI is InChI=1S/C13H21N3O/c1-10-8-15-13(7-12(10)14)16(2)9-11-5-3-4-6-17-11/h7-8,11H,3-6,9H2,1-2H3,(H2,14,15). The van der Waals surface area contributed by atoms with Gasteiger partial charge in [0, 0.05) is 38.1 Å². The smallest absolute Gasteiger partial charge is 0.130 e. The van der Waals surface area contributed by atoms with E-state index in [0.29, 0.717) is 6.10 Å². The lowest BCUT2D eigenvalue weighted by Crippen LogP contribution is -2.33. The number of aromatic nitrogens is 1. The van der Waals surface area contributed by atoms with E-state index >= 15 is 0 Å². The van der Waals surface area contributed by atoms with Crippen molar-refractivity contribution in [3.63, 3.8) is 0 Å². The van der Waals surface area contributed by atoms with Crippen LogP contribution in [-0.2, 0) is 4.74 Å². The first-order chi connectivity index (χ1) is 8.16. The highest BCUT2D eigenvalue weighted by Gasteiger charge is 2.16. The second-order valence-corrected chi connectivity index (χ2v) is 4.77. The number of pyridine rings is 1. The molecule has 0 amide bonds. The minimum absolute atomic E-state index is 0.332. The maximum Gasteiger partial charge on any atom is 0.130 e. The fraction of sp³-hybridized carbons (Fsp3) is 0.615. The normalized spacial score (nSPS) is 20.2. The summed E-state index contributed by atoms with van der Waals surface area (Å²) in [5, 5.41) is 0. The molecular formula is C13H21N3O. The van der Waals surface area contributed by atoms with Crippen molar-refractivity contribution in [3.05, 3.63) is 17.8 Å². The van der Waals surface area contributed by atoms with Crippen LogP contribution in [0.3, 0.4) is 0 Å². The lowest BCUT2D eigenvalue weighted by Gasteiger charge is -2.28. The molecule has 0 aromatic carbocycles. The molecule has 2 N–H and O–H groups in total. The number of hydrogen-bond donors (Lipinski definition) is 1. The zero-order chi connectivity index (χ0) is 12.3. The van der Waals surface area contributed by atoms with Crippen LogP contribution >= 0.6 is 0 Å². The van der Waals surface area contributed by atoms with Gasteiger partial charge in [-0.2, -0.15) is 0 Å². The van der Waals surface area contributed by atoms with Gasteiger partial charge in [0.1, 0.15) is 5.82 Å². The van der Waals surface area contributed by atoms with E-state index < -0.39 is 0 Å². The summed E-state index contributed by atoms with van der Waals surface area (Å²) >= 11 is 0. The van der Waals surface area contributed by atoms with Gasteiger partial charge < -0.3 is 15.4 Å². The van der Waals surface area contributed by atoms with Crippen molar-refractivity contribution >= 4 is 11.5 Å². The highest BCUT2D eigenvalue weighted by atomic mass is 16.5. The number of ether oxygens (including phenoxy) is 1. The van der Waals surface area contributed by atoms with E-state index in [-0.39, 0.29) is 0 Å². The summed E-state index contributed by atoms with van der Waals surface area (Å²) in [6.07, 6.45) is 5.75. The molecule has 1 saturated heterocycles. The largest absolute Gasteiger partial charge is 0.398 e. The summed E-state index contributed by atoms with van der Waals surface area (Å²) in [5.74, 6) is 0.919. The summed E-state index contributed by atoms with van der Waals surface area (Å²) in [6.45, 7) is 3.74. The summed E-state index contributed by atoms with van der Waals surface area (Å²) in [5.41, 5.74) is 7.72. The van der Waals surface area contributed by atoms with Gasteiger partial charge in [-0.05, 0) is 31.7 Å². The van der Waals surface area contributed by atoms with E-state index in [2.05, 4.69) is 9.88 Å². The fourth-order valence-corrected chi connectivity index (χ4v) is 2.09. The van der Waals surface area contributed by atoms with Crippen molar-refractivity contribution in [1.29, 1.82) is 0 Å². The highest BCUT2D eigenvalue weighted by Crippen LogP contribution is 2.19. The van der Waals surface area contributed by atoms with Gasteiger partial charge in [-0.25, -0.2) is 4.98 Å². The third-order valence-electron chi connectivity index (χ3n) is 3.27. The number of nitrogens with two attached hydrogens (primary N) is 1. The van der Waals surface area contributed by atoms with Gasteiger partial charge in [0.2, 0.25) is 0 Å². The minimum Gasteiger partial charge on any atom is -0.398 e. The second-order valence-electron chi connectivity index (χ2n) is 4.77. The molecule has 1 unspecified atom stereocenters. The maximum atomic E-state index is 5.89. The monoisotopic (exact) mass is 235 g/mol. The lowest BCUT2D eigenvalue weighted by molar-refractivity contribution is 0.0215. The Hall–Kier alpha value is -1.29. The van der Waals surface area contributed by atoms with Crippen LogP contribution in [0.25, 0.3) is 0 Å². The molecular weight excluding hydrogens is 214 g/mol. The van der Waals surface area contributed by atoms with Crippen molar-refractivity contribution in [2.45, 2.75) is 32.3 Å². The van der Waals surface area contributed by atoms with Gasteiger partial charge in [0.25, 0.3) is 0 Å². The number of nitrogen functional groups attached to an aromatic ring is 1. The van der Waals surface area contributed by atoms with Gasteiger partial charge in [0.15, 0.2) is 0 Å². The summed E-state index contributed by atoms with van der Waals surface area (Å²) in [4.78, 5) is 6.51. The van der Waals surface area contributed by atoms with Crippen molar-refractivity contribution in [3.8, 4) is 0 Å². The van der Waals surface area contributed by atoms with Crippen LogP contribution in [0.15, 0.2) is 12.3 Å². The molecule has 0 radical (unpaired) electrons. The molecule has 1 atom stereocenters. The molecule has 1 aromatic heterocycles. The van der Waals surface area contributed by atoms with Gasteiger partial charge in [-0.3, -0.25) is 0 Å². The van der Waals surface area contributed by atoms with Gasteiger partial charge >= 0.3 is 0 Å². The summed E-state index contributed by atoms with van der Waals surface area (Å²) in [7, 11) is 2.04. The number of aryl methyl sites for hydroxylation is 1. The molecule has 94 valence electrons. The summed E-state index contributed by atoms with van der Waals surface area (Å²) < 4.78 is 5.72. The number of anilines is 2. The Labute approximate surface area is 103 Å². The van der Waals surface area contributed by atoms with Crippen molar-refractivity contribution in [1.82, 2.24) is 4.98 Å². The average molecular weight is 235 g/mol. The maximum absolute atomic E-state index is 5.89. The van der Waals surface area contributed by atoms with Crippen molar-refractivity contribution < 1.29 is 4.74 Å². The van der Waals surface area contributed by atoms with Crippen LogP contribution < -0.4 is 10.6 Å². The van der Waals surface area contributed by atoms with Crippen molar-refractivity contribution in [2.75, 3.05) is 30.8 Å². The van der Waals surface area contributed by atoms with E-state index in [1.165, 1.54) is 12.8 Å². The number of rotatable bonds is 3. The molecule has 2 rings (SSSR count). The first-order valence-electron chi connectivity index (χ1n) is 6.21. The van der Waals surface area contributed by atoms with E-state index in [9.17, 15) is 0 Å². The van der Waals surface area contributed by atoms with E-state index in [4.69, 9.17) is 10.5 Å². The second kappa shape index (κ2) is 5.36. The van der Waals surface area contributed by atoms with Crippen LogP contribution in [0.4, 0.5) is 11.5 Å². The fourth-order valence-electron chi connectivity index (χ4n) is 2.09. The molecule has 1 aromatic rings. The lowest BCUT2D eigenvalue weighted by atomic mass is 10.1. The quantitative estimate of drug-likeness (QED) is 0.870. The molecule has 0 saturated carbocycles. The van der Waals surface area contributed by atoms with Crippen LogP contribution in [-0.4, -0.2) is 31.3 Å². The van der Waals surface area contributed by atoms with Crippen LogP contribution in [0.1, 0.15) is 24.8 Å². The van der Waals surface area contributed by atoms with E-state index in [0.717, 1.165) is 36.6 Å². The Balaban J connectivity index is 1.98. The van der Waals surface area contributed by atoms with Gasteiger partial charge in [0.05, 0.1) is 6.10 Å². The first-order valence-corrected chi connectivity index (χ1v) is 6.21. The van der Waals surface area contributed by atoms with Gasteiger partial charge in [-0.1, -0.05) is 0 Å². The third kappa shape index (κ3) is 3.09. The molecule has 17 heavy (non-hydrogen) atoms. The topological polar surface area (TPSA) is 51.4 Å². The molecule has 0 spiro atoms. The van der Waals surface area contributed by atoms with E-state index in [1.807, 2.05) is 26.2 Å². The molecule has 4 heteroatoms. The first kappa shape index (κ1) is 12.2. The Morgan fingerprint density at radius 1 is 1.53 bits per heavy atom. The Morgan fingerprint density at radius 2 is 2.35 bits per heavy atom. The zero-order valence-electron chi connectivity index (χ0n) is 10.6. The zero-order valence-corrected chi connectivity index (χ0v) is 10.6. The molecule has 1 aliphatic rings. The Kier molecular flexibility index (Phi) is 3.84. The number of hydrogen-bond acceptors (Lipinski definition) is 4. The average Bonchev–Trinajstić information content (AvgIpc) is 2.34. The predicted octanol–water partition coefficient (Wildman–Crippen LogP) is 1.98. The van der Waals surface area contributed by atoms with Crippen LogP contribution in [0.2, 0.25) is 0 Å². The Morgan fingerprint density at radius 3 is 3.00 bits per heavy atom. The molecule has 0 aliphatic carbocycles. The molecule has 2 heterocycles. The summed E-state index contributed by atoms with van der Waals surface area (Å²) in [6, 6.07) is 1.93. The minimum atomic E-state index is 0.332. The van der Waals surface area contributed by atoms with Crippen LogP contribution in [0.5, 0.6) is 0 Å². The molecule has 0 bridgehead atoms. The van der Waals surface area contributed by atoms with Crippen LogP contribution in [0, 0.1) is 6.92 Å².